The molecule has 2 rings (SSSR count). The maximum Gasteiger partial charge on any atom is 0.222 e. The number of halogens is 1. The number of hydrogen-bond acceptors (Lipinski definition) is 5. The number of benzene rings is 1. The molecule has 0 bridgehead atoms. The Labute approximate surface area is 126 Å². The van der Waals surface area contributed by atoms with E-state index in [9.17, 15) is 0 Å². The SMILES string of the molecule is COc1ccccc1C(CNc1ncc(Br)cn1)OC. The fraction of sp³-hybridized carbons (Fsp3) is 0.286. The van der Waals surface area contributed by atoms with Crippen molar-refractivity contribution < 1.29 is 9.47 Å². The van der Waals surface area contributed by atoms with Crippen LogP contribution in [-0.4, -0.2) is 30.7 Å². The monoisotopic (exact) mass is 337 g/mol. The Morgan fingerprint density at radius 1 is 1.20 bits per heavy atom. The molecule has 106 valence electrons. The summed E-state index contributed by atoms with van der Waals surface area (Å²) in [6, 6.07) is 7.79. The van der Waals surface area contributed by atoms with Crippen LogP contribution in [0.5, 0.6) is 5.75 Å². The van der Waals surface area contributed by atoms with Gasteiger partial charge in [0.05, 0.1) is 11.6 Å². The Balaban J connectivity index is 2.07. The first-order valence-corrected chi connectivity index (χ1v) is 6.91. The van der Waals surface area contributed by atoms with Crippen molar-refractivity contribution in [2.24, 2.45) is 0 Å². The molecule has 1 heterocycles. The zero-order valence-electron chi connectivity index (χ0n) is 11.3. The van der Waals surface area contributed by atoms with Gasteiger partial charge in [0.25, 0.3) is 0 Å². The second-order valence-corrected chi connectivity index (χ2v) is 4.99. The van der Waals surface area contributed by atoms with E-state index in [1.54, 1.807) is 26.6 Å². The molecular weight excluding hydrogens is 322 g/mol. The molecule has 1 aromatic heterocycles. The van der Waals surface area contributed by atoms with E-state index >= 15 is 0 Å². The highest BCUT2D eigenvalue weighted by molar-refractivity contribution is 9.10. The molecule has 0 saturated heterocycles. The Morgan fingerprint density at radius 3 is 2.55 bits per heavy atom. The van der Waals surface area contributed by atoms with Crippen LogP contribution >= 0.6 is 15.9 Å². The Morgan fingerprint density at radius 2 is 1.90 bits per heavy atom. The van der Waals surface area contributed by atoms with Crippen LogP contribution in [0.3, 0.4) is 0 Å². The quantitative estimate of drug-likeness (QED) is 0.877. The third kappa shape index (κ3) is 3.68. The molecule has 0 fully saturated rings. The van der Waals surface area contributed by atoms with E-state index in [1.807, 2.05) is 24.3 Å². The molecule has 0 aliphatic carbocycles. The normalized spacial score (nSPS) is 11.9. The molecule has 20 heavy (non-hydrogen) atoms. The molecule has 0 spiro atoms. The number of methoxy groups -OCH3 is 2. The summed E-state index contributed by atoms with van der Waals surface area (Å²) >= 11 is 3.30. The van der Waals surface area contributed by atoms with Gasteiger partial charge in [-0.25, -0.2) is 9.97 Å². The lowest BCUT2D eigenvalue weighted by Crippen LogP contribution is -2.16. The molecule has 0 aliphatic heterocycles. The third-order valence-corrected chi connectivity index (χ3v) is 3.25. The van der Waals surface area contributed by atoms with E-state index in [4.69, 9.17) is 9.47 Å². The van der Waals surface area contributed by atoms with Crippen LogP contribution in [0.15, 0.2) is 41.1 Å². The summed E-state index contributed by atoms with van der Waals surface area (Å²) in [7, 11) is 3.32. The van der Waals surface area contributed by atoms with Gasteiger partial charge in [-0.15, -0.1) is 0 Å². The number of rotatable bonds is 6. The average molecular weight is 338 g/mol. The maximum atomic E-state index is 5.52. The molecule has 5 nitrogen and oxygen atoms in total. The number of hydrogen-bond donors (Lipinski definition) is 1. The molecule has 1 unspecified atom stereocenters. The molecular formula is C14H16BrN3O2. The van der Waals surface area contributed by atoms with Crippen LogP contribution in [0, 0.1) is 0 Å². The molecule has 1 aromatic carbocycles. The van der Waals surface area contributed by atoms with Gasteiger partial charge >= 0.3 is 0 Å². The molecule has 0 amide bonds. The summed E-state index contributed by atoms with van der Waals surface area (Å²) < 4.78 is 11.7. The van der Waals surface area contributed by atoms with Crippen LogP contribution in [0.2, 0.25) is 0 Å². The number of anilines is 1. The van der Waals surface area contributed by atoms with Crippen LogP contribution in [0.4, 0.5) is 5.95 Å². The molecule has 1 N–H and O–H groups in total. The lowest BCUT2D eigenvalue weighted by atomic mass is 10.1. The fourth-order valence-electron chi connectivity index (χ4n) is 1.84. The zero-order chi connectivity index (χ0) is 14.4. The van der Waals surface area contributed by atoms with Gasteiger partial charge < -0.3 is 14.8 Å². The summed E-state index contributed by atoms with van der Waals surface area (Å²) in [6.45, 7) is 0.554. The first-order valence-electron chi connectivity index (χ1n) is 6.11. The number of nitrogens with one attached hydrogen (secondary N) is 1. The van der Waals surface area contributed by atoms with Gasteiger partial charge in [-0.05, 0) is 22.0 Å². The van der Waals surface area contributed by atoms with E-state index in [-0.39, 0.29) is 6.10 Å². The summed E-state index contributed by atoms with van der Waals surface area (Å²) in [5, 5.41) is 3.15. The third-order valence-electron chi connectivity index (χ3n) is 2.84. The van der Waals surface area contributed by atoms with Gasteiger partial charge in [-0.1, -0.05) is 18.2 Å². The smallest absolute Gasteiger partial charge is 0.222 e. The standard InChI is InChI=1S/C14H16BrN3O2/c1-19-12-6-4-3-5-11(12)13(20-2)9-18-14-16-7-10(15)8-17-14/h3-8,13H,9H2,1-2H3,(H,16,17,18). The molecule has 2 aromatic rings. The minimum absolute atomic E-state index is 0.140. The second kappa shape index (κ2) is 7.21. The second-order valence-electron chi connectivity index (χ2n) is 4.07. The molecule has 0 saturated carbocycles. The van der Waals surface area contributed by atoms with Gasteiger partial charge in [-0.3, -0.25) is 0 Å². The van der Waals surface area contributed by atoms with Crippen molar-refractivity contribution >= 4 is 21.9 Å². The van der Waals surface area contributed by atoms with E-state index < -0.39 is 0 Å². The summed E-state index contributed by atoms with van der Waals surface area (Å²) in [5.41, 5.74) is 0.988. The van der Waals surface area contributed by atoms with Gasteiger partial charge in [0, 0.05) is 31.6 Å². The largest absolute Gasteiger partial charge is 0.496 e. The van der Waals surface area contributed by atoms with Crippen LogP contribution < -0.4 is 10.1 Å². The molecule has 0 radical (unpaired) electrons. The van der Waals surface area contributed by atoms with E-state index in [1.165, 1.54) is 0 Å². The van der Waals surface area contributed by atoms with Crippen LogP contribution in [0.1, 0.15) is 11.7 Å². The number of para-hydroxylation sites is 1. The van der Waals surface area contributed by atoms with Crippen molar-refractivity contribution in [2.45, 2.75) is 6.10 Å². The van der Waals surface area contributed by atoms with Crippen LogP contribution in [-0.2, 0) is 4.74 Å². The number of nitrogens with zero attached hydrogens (tertiary/aromatic N) is 2. The van der Waals surface area contributed by atoms with Gasteiger partial charge in [0.15, 0.2) is 0 Å². The highest BCUT2D eigenvalue weighted by atomic mass is 79.9. The van der Waals surface area contributed by atoms with Crippen molar-refractivity contribution in [3.05, 3.63) is 46.7 Å². The summed E-state index contributed by atoms with van der Waals surface area (Å²) in [6.07, 6.45) is 3.25. The first kappa shape index (κ1) is 14.7. The van der Waals surface area contributed by atoms with Crippen molar-refractivity contribution in [3.8, 4) is 5.75 Å². The Hall–Kier alpha value is -1.66. The highest BCUT2D eigenvalue weighted by Gasteiger charge is 2.15. The topological polar surface area (TPSA) is 56.3 Å². The van der Waals surface area contributed by atoms with Gasteiger partial charge in [-0.2, -0.15) is 0 Å². The van der Waals surface area contributed by atoms with Crippen molar-refractivity contribution in [1.29, 1.82) is 0 Å². The number of aromatic nitrogens is 2. The molecule has 1 atom stereocenters. The van der Waals surface area contributed by atoms with Crippen molar-refractivity contribution in [1.82, 2.24) is 9.97 Å². The van der Waals surface area contributed by atoms with Gasteiger partial charge in [0.2, 0.25) is 5.95 Å². The predicted molar refractivity (Wildman–Crippen MR) is 81.0 cm³/mol. The minimum Gasteiger partial charge on any atom is -0.496 e. The highest BCUT2D eigenvalue weighted by Crippen LogP contribution is 2.26. The Kier molecular flexibility index (Phi) is 5.31. The first-order chi connectivity index (χ1) is 9.74. The Bertz CT molecular complexity index is 548. The summed E-state index contributed by atoms with van der Waals surface area (Å²) in [5.74, 6) is 1.36. The predicted octanol–water partition coefficient (Wildman–Crippen LogP) is 3.05. The van der Waals surface area contributed by atoms with E-state index in [0.29, 0.717) is 12.5 Å². The molecule has 0 aliphatic rings. The maximum absolute atomic E-state index is 5.52. The lowest BCUT2D eigenvalue weighted by Gasteiger charge is -2.18. The average Bonchev–Trinajstić information content (AvgIpc) is 2.50. The zero-order valence-corrected chi connectivity index (χ0v) is 12.9. The fourth-order valence-corrected chi connectivity index (χ4v) is 2.04. The van der Waals surface area contributed by atoms with Crippen LogP contribution in [0.25, 0.3) is 0 Å². The summed E-state index contributed by atoms with van der Waals surface area (Å²) in [4.78, 5) is 8.33. The van der Waals surface area contributed by atoms with E-state index in [2.05, 4.69) is 31.2 Å². The van der Waals surface area contributed by atoms with E-state index in [0.717, 1.165) is 15.8 Å². The van der Waals surface area contributed by atoms with Gasteiger partial charge in [0.1, 0.15) is 11.9 Å². The number of ether oxygens (including phenoxy) is 2. The molecule has 6 heteroatoms. The van der Waals surface area contributed by atoms with Crippen molar-refractivity contribution in [3.63, 3.8) is 0 Å². The van der Waals surface area contributed by atoms with Crippen molar-refractivity contribution in [2.75, 3.05) is 26.1 Å². The lowest BCUT2D eigenvalue weighted by molar-refractivity contribution is 0.111. The minimum atomic E-state index is -0.140.